The van der Waals surface area contributed by atoms with Crippen LogP contribution in [-0.2, 0) is 23.0 Å². The second-order valence-electron chi connectivity index (χ2n) is 8.46. The minimum Gasteiger partial charge on any atom is -0.493 e. The highest BCUT2D eigenvalue weighted by molar-refractivity contribution is 7.89. The van der Waals surface area contributed by atoms with Gasteiger partial charge in [-0.2, -0.15) is 5.10 Å². The molecule has 0 unspecified atom stereocenters. The molecule has 0 aliphatic carbocycles. The van der Waals surface area contributed by atoms with Crippen LogP contribution in [0.25, 0.3) is 16.9 Å². The number of fused-ring (bicyclic) bond motifs is 1. The molecular weight excluding hydrogens is 482 g/mol. The van der Waals surface area contributed by atoms with Gasteiger partial charge in [-0.25, -0.2) is 22.6 Å². The van der Waals surface area contributed by atoms with Gasteiger partial charge in [-0.05, 0) is 57.9 Å². The van der Waals surface area contributed by atoms with E-state index in [9.17, 15) is 13.2 Å². The van der Waals surface area contributed by atoms with Crippen LogP contribution in [0.2, 0.25) is 0 Å². The Bertz CT molecular complexity index is 1540. The van der Waals surface area contributed by atoms with E-state index in [-0.39, 0.29) is 22.8 Å². The zero-order valence-electron chi connectivity index (χ0n) is 20.9. The van der Waals surface area contributed by atoms with Crippen molar-refractivity contribution in [3.63, 3.8) is 0 Å². The van der Waals surface area contributed by atoms with E-state index in [4.69, 9.17) is 4.74 Å². The number of nitrogens with one attached hydrogen (secondary N) is 2. The minimum absolute atomic E-state index is 0.0505. The van der Waals surface area contributed by atoms with Gasteiger partial charge in [-0.15, -0.1) is 5.10 Å². The number of aryl methyl sites for hydroxylation is 4. The van der Waals surface area contributed by atoms with Crippen LogP contribution >= 0.6 is 0 Å². The number of sulfonamides is 1. The number of rotatable bonds is 11. The lowest BCUT2D eigenvalue weighted by Crippen LogP contribution is -2.26. The maximum Gasteiger partial charge on any atom is 0.277 e. The first-order chi connectivity index (χ1) is 17.2. The van der Waals surface area contributed by atoms with Crippen molar-refractivity contribution in [1.82, 2.24) is 34.1 Å². The molecule has 0 amide bonds. The molecule has 12 heteroatoms. The summed E-state index contributed by atoms with van der Waals surface area (Å²) in [5.41, 5.74) is 2.00. The topological polar surface area (TPSA) is 136 Å². The average Bonchev–Trinajstić information content (AvgIpc) is 3.39. The van der Waals surface area contributed by atoms with Crippen LogP contribution in [0, 0.1) is 13.8 Å². The van der Waals surface area contributed by atoms with Gasteiger partial charge < -0.3 is 9.72 Å². The van der Waals surface area contributed by atoms with Crippen LogP contribution in [0.5, 0.6) is 5.75 Å². The fraction of sp³-hybridized carbons (Fsp3) is 0.417. The summed E-state index contributed by atoms with van der Waals surface area (Å²) >= 11 is 0. The predicted molar refractivity (Wildman–Crippen MR) is 136 cm³/mol. The summed E-state index contributed by atoms with van der Waals surface area (Å²) in [6.45, 7) is 8.78. The Labute approximate surface area is 209 Å². The first-order valence-corrected chi connectivity index (χ1v) is 13.5. The van der Waals surface area contributed by atoms with Gasteiger partial charge in [0.05, 0.1) is 22.8 Å². The van der Waals surface area contributed by atoms with Crippen LogP contribution < -0.4 is 15.0 Å². The molecule has 0 aliphatic heterocycles. The van der Waals surface area contributed by atoms with Gasteiger partial charge in [0.2, 0.25) is 10.0 Å². The van der Waals surface area contributed by atoms with Crippen molar-refractivity contribution in [3.05, 3.63) is 58.0 Å². The lowest BCUT2D eigenvalue weighted by Gasteiger charge is -2.13. The Morgan fingerprint density at radius 2 is 1.97 bits per heavy atom. The maximum atomic E-state index is 13.1. The molecule has 0 fully saturated rings. The maximum absolute atomic E-state index is 13.1. The number of H-pyrrole nitrogens is 1. The number of hydrogen-bond acceptors (Lipinski definition) is 7. The summed E-state index contributed by atoms with van der Waals surface area (Å²) in [5, 5.41) is 8.83. The molecule has 0 saturated heterocycles. The normalized spacial score (nSPS) is 11.9. The van der Waals surface area contributed by atoms with E-state index in [0.29, 0.717) is 54.3 Å². The predicted octanol–water partition coefficient (Wildman–Crippen LogP) is 2.62. The van der Waals surface area contributed by atoms with E-state index in [1.807, 2.05) is 31.5 Å². The van der Waals surface area contributed by atoms with Gasteiger partial charge in [0.25, 0.3) is 5.56 Å². The molecule has 0 spiro atoms. The summed E-state index contributed by atoms with van der Waals surface area (Å²) in [6, 6.07) is 6.43. The molecular formula is C24H31N7O4S. The highest BCUT2D eigenvalue weighted by atomic mass is 32.2. The molecule has 0 saturated carbocycles. The van der Waals surface area contributed by atoms with E-state index < -0.39 is 10.0 Å². The zero-order chi connectivity index (χ0) is 25.9. The van der Waals surface area contributed by atoms with E-state index >= 15 is 0 Å². The third-order valence-corrected chi connectivity index (χ3v) is 7.26. The molecule has 1 aromatic carbocycles. The van der Waals surface area contributed by atoms with Crippen LogP contribution in [0.4, 0.5) is 0 Å². The van der Waals surface area contributed by atoms with Crippen LogP contribution in [0.1, 0.15) is 43.9 Å². The third kappa shape index (κ3) is 5.19. The number of hydrogen-bond donors (Lipinski definition) is 2. The number of nitrogens with zero attached hydrogens (tertiary/aromatic N) is 5. The fourth-order valence-electron chi connectivity index (χ4n) is 4.04. The summed E-state index contributed by atoms with van der Waals surface area (Å²) in [7, 11) is -3.81. The summed E-state index contributed by atoms with van der Waals surface area (Å²) in [6.07, 6.45) is 3.79. The second-order valence-corrected chi connectivity index (χ2v) is 10.2. The SMILES string of the molecule is CCCc1nc(C)c2c(=O)[nH]c(-c3cc(S(=O)(=O)NCCCn4nccc4C)ccc3OCC)nn12. The van der Waals surface area contributed by atoms with Gasteiger partial charge in [0, 0.05) is 31.4 Å². The first kappa shape index (κ1) is 25.6. The van der Waals surface area contributed by atoms with Crippen molar-refractivity contribution in [2.24, 2.45) is 0 Å². The quantitative estimate of drug-likeness (QED) is 0.294. The molecule has 0 atom stereocenters. The van der Waals surface area contributed by atoms with Crippen molar-refractivity contribution in [3.8, 4) is 17.1 Å². The lowest BCUT2D eigenvalue weighted by atomic mass is 10.2. The van der Waals surface area contributed by atoms with Gasteiger partial charge in [-0.1, -0.05) is 6.92 Å². The van der Waals surface area contributed by atoms with Gasteiger partial charge in [0.1, 0.15) is 11.6 Å². The average molecular weight is 514 g/mol. The van der Waals surface area contributed by atoms with Crippen molar-refractivity contribution in [2.45, 2.75) is 58.4 Å². The van der Waals surface area contributed by atoms with E-state index in [1.54, 1.807) is 23.7 Å². The van der Waals surface area contributed by atoms with E-state index in [1.165, 1.54) is 12.1 Å². The summed E-state index contributed by atoms with van der Waals surface area (Å²) < 4.78 is 37.8. The highest BCUT2D eigenvalue weighted by Gasteiger charge is 2.20. The molecule has 192 valence electrons. The third-order valence-electron chi connectivity index (χ3n) is 5.80. The van der Waals surface area contributed by atoms with Crippen molar-refractivity contribution in [2.75, 3.05) is 13.2 Å². The Morgan fingerprint density at radius 1 is 1.17 bits per heavy atom. The number of ether oxygens (including phenoxy) is 1. The van der Waals surface area contributed by atoms with E-state index in [0.717, 1.165) is 12.1 Å². The van der Waals surface area contributed by atoms with Gasteiger partial charge in [0.15, 0.2) is 11.3 Å². The molecule has 11 nitrogen and oxygen atoms in total. The largest absolute Gasteiger partial charge is 0.493 e. The molecule has 2 N–H and O–H groups in total. The molecule has 36 heavy (non-hydrogen) atoms. The Balaban J connectivity index is 1.66. The molecule has 3 heterocycles. The second kappa shape index (κ2) is 10.6. The molecule has 0 radical (unpaired) electrons. The summed E-state index contributed by atoms with van der Waals surface area (Å²) in [5.74, 6) is 1.30. The van der Waals surface area contributed by atoms with Gasteiger partial charge >= 0.3 is 0 Å². The number of aromatic nitrogens is 6. The number of aromatic amines is 1. The van der Waals surface area contributed by atoms with Crippen LogP contribution in [-0.4, -0.2) is 50.9 Å². The minimum atomic E-state index is -3.81. The molecule has 3 aromatic heterocycles. The smallest absolute Gasteiger partial charge is 0.277 e. The van der Waals surface area contributed by atoms with Crippen LogP contribution in [0.3, 0.4) is 0 Å². The Morgan fingerprint density at radius 3 is 2.67 bits per heavy atom. The zero-order valence-corrected chi connectivity index (χ0v) is 21.7. The van der Waals surface area contributed by atoms with E-state index in [2.05, 4.69) is 24.9 Å². The standard InChI is InChI=1S/C24H31N7O4S/c1-5-8-21-27-17(4)22-24(32)28-23(29-31(21)22)19-15-18(9-10-20(19)35-6-2)36(33,34)26-12-7-14-30-16(3)11-13-25-30/h9-11,13,15,26H,5-8,12,14H2,1-4H3,(H,28,29,32). The molecule has 0 aliphatic rings. The molecule has 0 bridgehead atoms. The van der Waals surface area contributed by atoms with Crippen molar-refractivity contribution >= 4 is 15.5 Å². The Kier molecular flexibility index (Phi) is 7.55. The fourth-order valence-corrected chi connectivity index (χ4v) is 5.14. The number of benzene rings is 1. The van der Waals surface area contributed by atoms with Crippen LogP contribution in [0.15, 0.2) is 40.2 Å². The lowest BCUT2D eigenvalue weighted by molar-refractivity contribution is 0.341. The first-order valence-electron chi connectivity index (χ1n) is 12.0. The van der Waals surface area contributed by atoms with Gasteiger partial charge in [-0.3, -0.25) is 9.48 Å². The molecule has 4 rings (SSSR count). The molecule has 4 aromatic rings. The summed E-state index contributed by atoms with van der Waals surface area (Å²) in [4.78, 5) is 20.2. The van der Waals surface area contributed by atoms with Crippen molar-refractivity contribution < 1.29 is 13.2 Å². The Hall–Kier alpha value is -3.51. The van der Waals surface area contributed by atoms with Crippen molar-refractivity contribution in [1.29, 1.82) is 0 Å². The number of imidazole rings is 1. The monoisotopic (exact) mass is 513 g/mol. The highest BCUT2D eigenvalue weighted by Crippen LogP contribution is 2.30.